The molecule has 2 aromatic heterocycles. The van der Waals surface area contributed by atoms with Gasteiger partial charge in [-0.2, -0.15) is 4.68 Å². The molecule has 0 atom stereocenters. The molecule has 1 N–H and O–H groups in total. The van der Waals surface area contributed by atoms with Crippen LogP contribution in [0.15, 0.2) is 53.9 Å². The minimum absolute atomic E-state index is 0.121. The summed E-state index contributed by atoms with van der Waals surface area (Å²) in [6.07, 6.45) is 3.26. The average Bonchev–Trinajstić information content (AvgIpc) is 3.07. The minimum Gasteiger partial charge on any atom is -0.325 e. The standard InChI is InChI=1S/C18H17N5O2S/c1-12-3-5-15(6-4-12)20-16(25)11-26-18-21-17(22-23(18)13(2)24)14-7-9-19-10-8-14/h3-10H,11H2,1-2H3,(H,20,25). The van der Waals surface area contributed by atoms with Gasteiger partial charge < -0.3 is 5.32 Å². The summed E-state index contributed by atoms with van der Waals surface area (Å²) in [4.78, 5) is 32.3. The van der Waals surface area contributed by atoms with Gasteiger partial charge in [-0.1, -0.05) is 29.5 Å². The molecule has 0 bridgehead atoms. The van der Waals surface area contributed by atoms with E-state index in [1.165, 1.54) is 11.6 Å². The molecule has 26 heavy (non-hydrogen) atoms. The first-order chi connectivity index (χ1) is 12.5. The van der Waals surface area contributed by atoms with Crippen LogP contribution in [0.3, 0.4) is 0 Å². The summed E-state index contributed by atoms with van der Waals surface area (Å²) < 4.78 is 1.21. The predicted molar refractivity (Wildman–Crippen MR) is 100 cm³/mol. The van der Waals surface area contributed by atoms with Gasteiger partial charge in [0.1, 0.15) is 0 Å². The third-order valence-corrected chi connectivity index (χ3v) is 4.41. The number of benzene rings is 1. The van der Waals surface area contributed by atoms with Gasteiger partial charge in [0.25, 0.3) is 0 Å². The van der Waals surface area contributed by atoms with E-state index in [2.05, 4.69) is 20.4 Å². The molecule has 8 heteroatoms. The van der Waals surface area contributed by atoms with E-state index in [1.54, 1.807) is 24.5 Å². The molecule has 0 spiro atoms. The topological polar surface area (TPSA) is 89.8 Å². The van der Waals surface area contributed by atoms with Gasteiger partial charge in [-0.05, 0) is 31.2 Å². The lowest BCUT2D eigenvalue weighted by molar-refractivity contribution is -0.113. The third kappa shape index (κ3) is 4.34. The summed E-state index contributed by atoms with van der Waals surface area (Å²) in [6, 6.07) is 11.1. The second kappa shape index (κ2) is 7.92. The Morgan fingerprint density at radius 1 is 1.12 bits per heavy atom. The van der Waals surface area contributed by atoms with E-state index in [9.17, 15) is 9.59 Å². The minimum atomic E-state index is -0.265. The quantitative estimate of drug-likeness (QED) is 0.697. The normalized spacial score (nSPS) is 10.5. The molecular weight excluding hydrogens is 350 g/mol. The van der Waals surface area contributed by atoms with Gasteiger partial charge in [0, 0.05) is 30.6 Å². The number of aromatic nitrogens is 4. The SMILES string of the molecule is CC(=O)n1nc(-c2ccncc2)nc1SCC(=O)Nc1ccc(C)cc1. The van der Waals surface area contributed by atoms with Crippen molar-refractivity contribution in [1.29, 1.82) is 0 Å². The Bertz CT molecular complexity index is 923. The molecule has 0 aliphatic carbocycles. The Labute approximate surface area is 154 Å². The van der Waals surface area contributed by atoms with E-state index in [-0.39, 0.29) is 17.6 Å². The van der Waals surface area contributed by atoms with E-state index in [4.69, 9.17) is 0 Å². The number of hydrogen-bond acceptors (Lipinski definition) is 6. The largest absolute Gasteiger partial charge is 0.325 e. The van der Waals surface area contributed by atoms with Gasteiger partial charge >= 0.3 is 0 Å². The van der Waals surface area contributed by atoms with Crippen molar-refractivity contribution in [2.75, 3.05) is 11.1 Å². The van der Waals surface area contributed by atoms with Crippen molar-refractivity contribution in [3.05, 3.63) is 54.4 Å². The maximum atomic E-state index is 12.1. The molecule has 1 aromatic carbocycles. The number of nitrogens with zero attached hydrogens (tertiary/aromatic N) is 4. The number of pyridine rings is 1. The van der Waals surface area contributed by atoms with Crippen LogP contribution in [0.1, 0.15) is 17.3 Å². The van der Waals surface area contributed by atoms with Crippen LogP contribution in [-0.2, 0) is 4.79 Å². The van der Waals surface area contributed by atoms with Crippen molar-refractivity contribution < 1.29 is 9.59 Å². The molecule has 3 aromatic rings. The zero-order valence-corrected chi connectivity index (χ0v) is 15.2. The van der Waals surface area contributed by atoms with Gasteiger partial charge in [-0.15, -0.1) is 5.10 Å². The van der Waals surface area contributed by atoms with Gasteiger partial charge in [-0.25, -0.2) is 4.98 Å². The number of anilines is 1. The molecule has 0 saturated heterocycles. The highest BCUT2D eigenvalue weighted by Gasteiger charge is 2.16. The number of nitrogens with one attached hydrogen (secondary N) is 1. The number of thioether (sulfide) groups is 1. The van der Waals surface area contributed by atoms with Crippen LogP contribution in [0.5, 0.6) is 0 Å². The molecule has 7 nitrogen and oxygen atoms in total. The first-order valence-corrected chi connectivity index (χ1v) is 8.89. The maximum absolute atomic E-state index is 12.1. The Morgan fingerprint density at radius 2 is 1.81 bits per heavy atom. The number of carbonyl (C=O) groups is 2. The van der Waals surface area contributed by atoms with E-state index in [0.717, 1.165) is 28.6 Å². The summed E-state index contributed by atoms with van der Waals surface area (Å²) in [6.45, 7) is 3.39. The molecule has 132 valence electrons. The monoisotopic (exact) mass is 367 g/mol. The summed E-state index contributed by atoms with van der Waals surface area (Å²) in [5.41, 5.74) is 2.60. The van der Waals surface area contributed by atoms with Crippen LogP contribution in [0.4, 0.5) is 5.69 Å². The molecule has 2 heterocycles. The summed E-state index contributed by atoms with van der Waals surface area (Å²) in [7, 11) is 0. The molecule has 0 aliphatic rings. The molecule has 3 rings (SSSR count). The van der Waals surface area contributed by atoms with E-state index in [1.807, 2.05) is 31.2 Å². The lowest BCUT2D eigenvalue weighted by atomic mass is 10.2. The molecular formula is C18H17N5O2S. The molecule has 0 aliphatic heterocycles. The Morgan fingerprint density at radius 3 is 2.46 bits per heavy atom. The fourth-order valence-corrected chi connectivity index (χ4v) is 2.96. The fourth-order valence-electron chi connectivity index (χ4n) is 2.18. The number of hydrogen-bond donors (Lipinski definition) is 1. The second-order valence-electron chi connectivity index (χ2n) is 5.59. The fraction of sp³-hybridized carbons (Fsp3) is 0.167. The average molecular weight is 367 g/mol. The zero-order chi connectivity index (χ0) is 18.5. The van der Waals surface area contributed by atoms with Gasteiger partial charge in [0.2, 0.25) is 11.8 Å². The van der Waals surface area contributed by atoms with Gasteiger partial charge in [0.15, 0.2) is 11.0 Å². The van der Waals surface area contributed by atoms with Gasteiger partial charge in [0.05, 0.1) is 5.75 Å². The van der Waals surface area contributed by atoms with Crippen molar-refractivity contribution in [3.8, 4) is 11.4 Å². The van der Waals surface area contributed by atoms with Crippen LogP contribution in [-0.4, -0.2) is 37.3 Å². The van der Waals surface area contributed by atoms with Crippen molar-refractivity contribution in [3.63, 3.8) is 0 Å². The lowest BCUT2D eigenvalue weighted by Crippen LogP contribution is -2.15. The van der Waals surface area contributed by atoms with Crippen LogP contribution in [0.25, 0.3) is 11.4 Å². The van der Waals surface area contributed by atoms with Crippen molar-refractivity contribution in [2.24, 2.45) is 0 Å². The third-order valence-electron chi connectivity index (χ3n) is 3.48. The molecule has 0 radical (unpaired) electrons. The van der Waals surface area contributed by atoms with Crippen LogP contribution in [0, 0.1) is 6.92 Å². The zero-order valence-electron chi connectivity index (χ0n) is 14.3. The molecule has 0 fully saturated rings. The Kier molecular flexibility index (Phi) is 5.43. The summed E-state index contributed by atoms with van der Waals surface area (Å²) >= 11 is 1.16. The van der Waals surface area contributed by atoms with Crippen molar-refractivity contribution in [2.45, 2.75) is 19.0 Å². The number of carbonyl (C=O) groups excluding carboxylic acids is 2. The van der Waals surface area contributed by atoms with E-state index in [0.29, 0.717) is 11.0 Å². The highest BCUT2D eigenvalue weighted by molar-refractivity contribution is 7.99. The van der Waals surface area contributed by atoms with Crippen LogP contribution in [0.2, 0.25) is 0 Å². The number of aryl methyl sites for hydroxylation is 1. The van der Waals surface area contributed by atoms with Crippen LogP contribution < -0.4 is 5.32 Å². The Hall–Kier alpha value is -3.00. The smallest absolute Gasteiger partial charge is 0.246 e. The summed E-state index contributed by atoms with van der Waals surface area (Å²) in [5.74, 6) is 0.0982. The predicted octanol–water partition coefficient (Wildman–Crippen LogP) is 3.04. The first-order valence-electron chi connectivity index (χ1n) is 7.90. The van der Waals surface area contributed by atoms with Gasteiger partial charge in [-0.3, -0.25) is 14.6 Å². The molecule has 0 saturated carbocycles. The van der Waals surface area contributed by atoms with Crippen LogP contribution >= 0.6 is 11.8 Å². The lowest BCUT2D eigenvalue weighted by Gasteiger charge is -2.05. The Balaban J connectivity index is 1.70. The highest BCUT2D eigenvalue weighted by atomic mass is 32.2. The van der Waals surface area contributed by atoms with E-state index < -0.39 is 0 Å². The van der Waals surface area contributed by atoms with E-state index >= 15 is 0 Å². The van der Waals surface area contributed by atoms with Crippen molar-refractivity contribution in [1.82, 2.24) is 19.7 Å². The second-order valence-corrected chi connectivity index (χ2v) is 6.53. The maximum Gasteiger partial charge on any atom is 0.246 e. The first kappa shape index (κ1) is 17.8. The van der Waals surface area contributed by atoms with Crippen molar-refractivity contribution >= 4 is 29.3 Å². The molecule has 0 unspecified atom stereocenters. The number of amides is 1. The molecule has 1 amide bonds. The number of rotatable bonds is 5. The highest BCUT2D eigenvalue weighted by Crippen LogP contribution is 2.21. The summed E-state index contributed by atoms with van der Waals surface area (Å²) in [5, 5.41) is 7.42.